The van der Waals surface area contributed by atoms with Gasteiger partial charge in [-0.1, -0.05) is 6.92 Å². The maximum Gasteiger partial charge on any atom is 0.195 e. The van der Waals surface area contributed by atoms with Gasteiger partial charge in [0.15, 0.2) is 4.96 Å². The second kappa shape index (κ2) is 3.69. The molecule has 2 heterocycles. The summed E-state index contributed by atoms with van der Waals surface area (Å²) in [5.41, 5.74) is 0.906. The molecule has 0 aliphatic carbocycles. The van der Waals surface area contributed by atoms with Crippen LogP contribution in [0.25, 0.3) is 4.96 Å². The molecular formula is C8H10N2OS2. The summed E-state index contributed by atoms with van der Waals surface area (Å²) in [6.07, 6.45) is 1.94. The van der Waals surface area contributed by atoms with E-state index in [1.165, 1.54) is 0 Å². The van der Waals surface area contributed by atoms with Gasteiger partial charge < -0.3 is 5.11 Å². The first kappa shape index (κ1) is 9.05. The van der Waals surface area contributed by atoms with Crippen molar-refractivity contribution < 1.29 is 5.11 Å². The van der Waals surface area contributed by atoms with Gasteiger partial charge in [0.1, 0.15) is 5.03 Å². The summed E-state index contributed by atoms with van der Waals surface area (Å²) in [6, 6.07) is 0. The third-order valence-electron chi connectivity index (χ3n) is 1.76. The Bertz CT molecular complexity index is 407. The van der Waals surface area contributed by atoms with Crippen molar-refractivity contribution in [1.29, 1.82) is 0 Å². The number of hydrogen-bond acceptors (Lipinski definition) is 4. The lowest BCUT2D eigenvalue weighted by Crippen LogP contribution is -1.90. The predicted octanol–water partition coefficient (Wildman–Crippen LogP) is 2.00. The molecule has 0 radical (unpaired) electrons. The van der Waals surface area contributed by atoms with Crippen molar-refractivity contribution in [3.63, 3.8) is 0 Å². The van der Waals surface area contributed by atoms with Crippen LogP contribution in [0.15, 0.2) is 16.6 Å². The molecule has 2 aromatic heterocycles. The van der Waals surface area contributed by atoms with E-state index >= 15 is 0 Å². The number of thiazole rings is 1. The Morgan fingerprint density at radius 2 is 2.54 bits per heavy atom. The van der Waals surface area contributed by atoms with Crippen molar-refractivity contribution in [2.75, 3.05) is 5.75 Å². The minimum absolute atomic E-state index is 0.0558. The molecule has 70 valence electrons. The maximum absolute atomic E-state index is 9.18. The van der Waals surface area contributed by atoms with Crippen molar-refractivity contribution in [1.82, 2.24) is 9.38 Å². The van der Waals surface area contributed by atoms with Crippen LogP contribution in [0, 0.1) is 0 Å². The molecule has 1 N–H and O–H groups in total. The third-order valence-corrected chi connectivity index (χ3v) is 3.40. The van der Waals surface area contributed by atoms with E-state index in [9.17, 15) is 5.11 Å². The minimum Gasteiger partial charge on any atom is -0.390 e. The Labute approximate surface area is 84.4 Å². The lowest BCUT2D eigenvalue weighted by molar-refractivity contribution is 0.272. The van der Waals surface area contributed by atoms with E-state index in [1.807, 2.05) is 16.0 Å². The van der Waals surface area contributed by atoms with Gasteiger partial charge in [-0.25, -0.2) is 4.98 Å². The fraction of sp³-hybridized carbons (Fsp3) is 0.375. The summed E-state index contributed by atoms with van der Waals surface area (Å²) >= 11 is 3.26. The number of aliphatic hydroxyl groups is 1. The van der Waals surface area contributed by atoms with Crippen molar-refractivity contribution in [3.05, 3.63) is 17.3 Å². The molecule has 0 saturated carbocycles. The number of aromatic nitrogens is 2. The third kappa shape index (κ3) is 1.47. The van der Waals surface area contributed by atoms with Crippen LogP contribution in [0.1, 0.15) is 12.6 Å². The Balaban J connectivity index is 2.54. The lowest BCUT2D eigenvalue weighted by Gasteiger charge is -1.96. The molecule has 0 atom stereocenters. The van der Waals surface area contributed by atoms with Gasteiger partial charge in [-0.15, -0.1) is 23.1 Å². The molecule has 2 aromatic rings. The zero-order valence-electron chi connectivity index (χ0n) is 7.23. The van der Waals surface area contributed by atoms with E-state index in [0.29, 0.717) is 0 Å². The van der Waals surface area contributed by atoms with Crippen LogP contribution < -0.4 is 0 Å². The van der Waals surface area contributed by atoms with Crippen LogP contribution in [0.2, 0.25) is 0 Å². The Morgan fingerprint density at radius 1 is 1.69 bits per heavy atom. The first-order valence-electron chi connectivity index (χ1n) is 4.05. The van der Waals surface area contributed by atoms with E-state index in [0.717, 1.165) is 21.4 Å². The summed E-state index contributed by atoms with van der Waals surface area (Å²) in [7, 11) is 0. The topological polar surface area (TPSA) is 37.5 Å². The van der Waals surface area contributed by atoms with Crippen molar-refractivity contribution in [3.8, 4) is 0 Å². The molecule has 0 unspecified atom stereocenters. The van der Waals surface area contributed by atoms with E-state index in [2.05, 4.69) is 11.9 Å². The molecule has 0 spiro atoms. The first-order valence-corrected chi connectivity index (χ1v) is 5.91. The van der Waals surface area contributed by atoms with Crippen molar-refractivity contribution >= 4 is 28.1 Å². The molecule has 2 rings (SSSR count). The van der Waals surface area contributed by atoms with Crippen LogP contribution in [0.3, 0.4) is 0 Å². The molecule has 0 saturated heterocycles. The SMILES string of the molecule is CCSc1nc2sccn2c1CO. The van der Waals surface area contributed by atoms with Gasteiger partial charge in [0.25, 0.3) is 0 Å². The van der Waals surface area contributed by atoms with Gasteiger partial charge in [-0.3, -0.25) is 4.40 Å². The average molecular weight is 214 g/mol. The molecule has 0 aromatic carbocycles. The monoisotopic (exact) mass is 214 g/mol. The van der Waals surface area contributed by atoms with Crippen molar-refractivity contribution in [2.24, 2.45) is 0 Å². The van der Waals surface area contributed by atoms with Gasteiger partial charge in [0, 0.05) is 11.6 Å². The minimum atomic E-state index is 0.0558. The Hall–Kier alpha value is -0.520. The molecule has 0 fully saturated rings. The summed E-state index contributed by atoms with van der Waals surface area (Å²) in [5.74, 6) is 0.984. The Kier molecular flexibility index (Phi) is 2.57. The number of rotatable bonds is 3. The number of thioether (sulfide) groups is 1. The quantitative estimate of drug-likeness (QED) is 0.794. The highest BCUT2D eigenvalue weighted by molar-refractivity contribution is 7.99. The molecule has 0 aliphatic rings. The highest BCUT2D eigenvalue weighted by Crippen LogP contribution is 2.25. The molecule has 5 heteroatoms. The Morgan fingerprint density at radius 3 is 3.23 bits per heavy atom. The molecule has 13 heavy (non-hydrogen) atoms. The molecule has 0 amide bonds. The summed E-state index contributed by atoms with van der Waals surface area (Å²) in [6.45, 7) is 2.14. The molecule has 0 aliphatic heterocycles. The standard InChI is InChI=1S/C8H10N2OS2/c1-2-12-7-6(5-11)10-3-4-13-8(10)9-7/h3-4,11H,2,5H2,1H3. The molecule has 0 bridgehead atoms. The van der Waals surface area contributed by atoms with Gasteiger partial charge >= 0.3 is 0 Å². The number of nitrogens with zero attached hydrogens (tertiary/aromatic N) is 2. The largest absolute Gasteiger partial charge is 0.390 e. The summed E-state index contributed by atoms with van der Waals surface area (Å²) in [4.78, 5) is 5.38. The van der Waals surface area contributed by atoms with Gasteiger partial charge in [0.05, 0.1) is 12.3 Å². The van der Waals surface area contributed by atoms with E-state index in [4.69, 9.17) is 0 Å². The predicted molar refractivity (Wildman–Crippen MR) is 55.4 cm³/mol. The van der Waals surface area contributed by atoms with E-state index in [1.54, 1.807) is 23.1 Å². The van der Waals surface area contributed by atoms with Gasteiger partial charge in [-0.05, 0) is 5.75 Å². The molecule has 3 nitrogen and oxygen atoms in total. The second-order valence-electron chi connectivity index (χ2n) is 2.51. The highest BCUT2D eigenvalue weighted by Gasteiger charge is 2.11. The number of aliphatic hydroxyl groups excluding tert-OH is 1. The average Bonchev–Trinajstić information content (AvgIpc) is 2.64. The first-order chi connectivity index (χ1) is 6.36. The zero-order valence-corrected chi connectivity index (χ0v) is 8.86. The van der Waals surface area contributed by atoms with Crippen LogP contribution >= 0.6 is 23.1 Å². The smallest absolute Gasteiger partial charge is 0.195 e. The van der Waals surface area contributed by atoms with Crippen LogP contribution in [0.4, 0.5) is 0 Å². The summed E-state index contributed by atoms with van der Waals surface area (Å²) < 4.78 is 1.95. The normalized spacial score (nSPS) is 11.2. The second-order valence-corrected chi connectivity index (χ2v) is 4.64. The van der Waals surface area contributed by atoms with E-state index < -0.39 is 0 Å². The fourth-order valence-electron chi connectivity index (χ4n) is 1.21. The number of hydrogen-bond donors (Lipinski definition) is 1. The van der Waals surface area contributed by atoms with Gasteiger partial charge in [0.2, 0.25) is 0 Å². The fourth-order valence-corrected chi connectivity index (χ4v) is 2.75. The van der Waals surface area contributed by atoms with Crippen LogP contribution in [0.5, 0.6) is 0 Å². The highest BCUT2D eigenvalue weighted by atomic mass is 32.2. The molecular weight excluding hydrogens is 204 g/mol. The van der Waals surface area contributed by atoms with Crippen LogP contribution in [-0.4, -0.2) is 20.2 Å². The number of imidazole rings is 1. The van der Waals surface area contributed by atoms with Gasteiger partial charge in [-0.2, -0.15) is 0 Å². The number of fused-ring (bicyclic) bond motifs is 1. The maximum atomic E-state index is 9.18. The lowest BCUT2D eigenvalue weighted by atomic mass is 10.5. The van der Waals surface area contributed by atoms with Crippen LogP contribution in [-0.2, 0) is 6.61 Å². The zero-order chi connectivity index (χ0) is 9.26. The summed E-state index contributed by atoms with van der Waals surface area (Å²) in [5, 5.41) is 12.1. The van der Waals surface area contributed by atoms with Crippen molar-refractivity contribution in [2.45, 2.75) is 18.6 Å². The van der Waals surface area contributed by atoms with E-state index in [-0.39, 0.29) is 6.61 Å².